The minimum atomic E-state index is -0.365. The molecule has 0 amide bonds. The minimum Gasteiger partial charge on any atom is -0.461 e. The lowest BCUT2D eigenvalue weighted by atomic mass is 9.96. The monoisotopic (exact) mass is 309 g/mol. The molecule has 0 saturated heterocycles. The second-order valence-corrected chi connectivity index (χ2v) is 5.16. The molecule has 1 aliphatic heterocycles. The van der Waals surface area contributed by atoms with Crippen molar-refractivity contribution in [1.29, 1.82) is 0 Å². The zero-order chi connectivity index (χ0) is 15.8. The molecule has 0 aliphatic carbocycles. The Morgan fingerprint density at radius 3 is 3.17 bits per heavy atom. The van der Waals surface area contributed by atoms with Crippen LogP contribution < -0.4 is 5.32 Å². The number of H-pyrrole nitrogens is 1. The standard InChI is InChI=1S/C16H15N5O2/c1-2-23-16(22)15-14(13-6-7-19-21(13)9-17-15)10-4-3-5-12-11(10)8-18-20-12/h3-8,17H,2,9H2,1H3,(H,18,20). The van der Waals surface area contributed by atoms with Crippen molar-refractivity contribution < 1.29 is 9.53 Å². The van der Waals surface area contributed by atoms with Crippen LogP contribution in [-0.4, -0.2) is 32.6 Å². The van der Waals surface area contributed by atoms with Gasteiger partial charge in [-0.2, -0.15) is 10.2 Å². The fourth-order valence-corrected chi connectivity index (χ4v) is 2.88. The molecule has 0 bridgehead atoms. The molecular weight excluding hydrogens is 294 g/mol. The summed E-state index contributed by atoms with van der Waals surface area (Å²) in [5.74, 6) is -0.365. The summed E-state index contributed by atoms with van der Waals surface area (Å²) < 4.78 is 7.02. The van der Waals surface area contributed by atoms with Crippen LogP contribution >= 0.6 is 0 Å². The predicted octanol–water partition coefficient (Wildman–Crippen LogP) is 1.64. The van der Waals surface area contributed by atoms with E-state index in [9.17, 15) is 4.79 Å². The van der Waals surface area contributed by atoms with Crippen molar-refractivity contribution in [3.05, 3.63) is 53.6 Å². The van der Waals surface area contributed by atoms with E-state index in [2.05, 4.69) is 20.6 Å². The average Bonchev–Trinajstić information content (AvgIpc) is 3.22. The van der Waals surface area contributed by atoms with Gasteiger partial charge in [0.2, 0.25) is 0 Å². The van der Waals surface area contributed by atoms with Crippen molar-refractivity contribution in [1.82, 2.24) is 25.3 Å². The van der Waals surface area contributed by atoms with E-state index in [1.807, 2.05) is 28.9 Å². The van der Waals surface area contributed by atoms with E-state index in [-0.39, 0.29) is 5.97 Å². The lowest BCUT2D eigenvalue weighted by Gasteiger charge is -2.23. The molecule has 23 heavy (non-hydrogen) atoms. The highest BCUT2D eigenvalue weighted by Gasteiger charge is 2.27. The maximum absolute atomic E-state index is 12.4. The number of nitrogens with one attached hydrogen (secondary N) is 2. The summed E-state index contributed by atoms with van der Waals surface area (Å²) in [6.45, 7) is 2.55. The van der Waals surface area contributed by atoms with Crippen LogP contribution in [0.2, 0.25) is 0 Å². The van der Waals surface area contributed by atoms with Gasteiger partial charge in [-0.15, -0.1) is 0 Å². The summed E-state index contributed by atoms with van der Waals surface area (Å²) in [6.07, 6.45) is 3.48. The van der Waals surface area contributed by atoms with Crippen molar-refractivity contribution in [2.75, 3.05) is 6.61 Å². The number of hydrogen-bond donors (Lipinski definition) is 2. The van der Waals surface area contributed by atoms with Gasteiger partial charge >= 0.3 is 5.97 Å². The molecule has 1 aromatic carbocycles. The quantitative estimate of drug-likeness (QED) is 0.719. The number of carbonyl (C=O) groups is 1. The van der Waals surface area contributed by atoms with Crippen LogP contribution in [0.4, 0.5) is 0 Å². The Bertz CT molecular complexity index is 921. The summed E-state index contributed by atoms with van der Waals surface area (Å²) in [5, 5.41) is 15.4. The van der Waals surface area contributed by atoms with Crippen LogP contribution in [-0.2, 0) is 16.2 Å². The van der Waals surface area contributed by atoms with Gasteiger partial charge in [-0.05, 0) is 24.6 Å². The van der Waals surface area contributed by atoms with Crippen LogP contribution in [0.3, 0.4) is 0 Å². The summed E-state index contributed by atoms with van der Waals surface area (Å²) in [7, 11) is 0. The Hall–Kier alpha value is -3.09. The zero-order valence-electron chi connectivity index (χ0n) is 12.5. The van der Waals surface area contributed by atoms with Gasteiger partial charge in [0.05, 0.1) is 24.0 Å². The second-order valence-electron chi connectivity index (χ2n) is 5.16. The Morgan fingerprint density at radius 1 is 1.39 bits per heavy atom. The molecule has 1 aliphatic rings. The summed E-state index contributed by atoms with van der Waals surface area (Å²) in [5.41, 5.74) is 3.93. The molecular formula is C16H15N5O2. The van der Waals surface area contributed by atoms with E-state index in [4.69, 9.17) is 4.74 Å². The van der Waals surface area contributed by atoms with Crippen molar-refractivity contribution in [2.24, 2.45) is 0 Å². The summed E-state index contributed by atoms with van der Waals surface area (Å²) in [4.78, 5) is 12.4. The number of esters is 1. The number of benzene rings is 1. The molecule has 0 radical (unpaired) electrons. The van der Waals surface area contributed by atoms with Crippen molar-refractivity contribution in [2.45, 2.75) is 13.6 Å². The summed E-state index contributed by atoms with van der Waals surface area (Å²) in [6, 6.07) is 7.75. The van der Waals surface area contributed by atoms with Crippen molar-refractivity contribution in [3.8, 4) is 0 Å². The van der Waals surface area contributed by atoms with Crippen LogP contribution in [0.15, 0.2) is 42.4 Å². The first kappa shape index (κ1) is 13.6. The van der Waals surface area contributed by atoms with E-state index in [0.29, 0.717) is 19.0 Å². The molecule has 0 fully saturated rings. The lowest BCUT2D eigenvalue weighted by molar-refractivity contribution is -0.139. The number of nitrogens with zero attached hydrogens (tertiary/aromatic N) is 3. The van der Waals surface area contributed by atoms with Gasteiger partial charge in [0, 0.05) is 17.2 Å². The molecule has 3 heterocycles. The van der Waals surface area contributed by atoms with Crippen LogP contribution in [0.1, 0.15) is 18.2 Å². The third kappa shape index (κ3) is 2.09. The normalized spacial score (nSPS) is 13.8. The molecule has 0 unspecified atom stereocenters. The van der Waals surface area contributed by atoms with Gasteiger partial charge in [0.15, 0.2) is 0 Å². The number of aromatic amines is 1. The molecule has 0 atom stereocenters. The van der Waals surface area contributed by atoms with Gasteiger partial charge in [-0.3, -0.25) is 5.10 Å². The van der Waals surface area contributed by atoms with Crippen molar-refractivity contribution >= 4 is 22.4 Å². The van der Waals surface area contributed by atoms with Crippen molar-refractivity contribution in [3.63, 3.8) is 0 Å². The first-order chi connectivity index (χ1) is 11.3. The van der Waals surface area contributed by atoms with Gasteiger partial charge in [-0.1, -0.05) is 12.1 Å². The summed E-state index contributed by atoms with van der Waals surface area (Å²) >= 11 is 0. The average molecular weight is 309 g/mol. The van der Waals surface area contributed by atoms with Crippen LogP contribution in [0, 0.1) is 0 Å². The zero-order valence-corrected chi connectivity index (χ0v) is 12.5. The molecule has 0 saturated carbocycles. The smallest absolute Gasteiger partial charge is 0.355 e. The van der Waals surface area contributed by atoms with Crippen LogP contribution in [0.25, 0.3) is 16.5 Å². The topological polar surface area (TPSA) is 84.8 Å². The van der Waals surface area contributed by atoms with E-state index in [0.717, 1.165) is 27.7 Å². The van der Waals surface area contributed by atoms with Gasteiger partial charge in [0.1, 0.15) is 12.4 Å². The number of aromatic nitrogens is 4. The Balaban J connectivity index is 2.00. The molecule has 7 heteroatoms. The molecule has 0 spiro atoms. The van der Waals surface area contributed by atoms with E-state index in [1.165, 1.54) is 0 Å². The molecule has 3 aromatic rings. The van der Waals surface area contributed by atoms with E-state index in [1.54, 1.807) is 19.3 Å². The number of ether oxygens (including phenoxy) is 1. The Kier molecular flexibility index (Phi) is 3.11. The molecule has 7 nitrogen and oxygen atoms in total. The molecule has 2 aromatic heterocycles. The Morgan fingerprint density at radius 2 is 2.30 bits per heavy atom. The SMILES string of the molecule is CCOC(=O)C1=C(c2cccc3[nH]ncc23)c2ccnn2CN1. The first-order valence-corrected chi connectivity index (χ1v) is 7.39. The first-order valence-electron chi connectivity index (χ1n) is 7.39. The second kappa shape index (κ2) is 5.28. The predicted molar refractivity (Wildman–Crippen MR) is 84.1 cm³/mol. The van der Waals surface area contributed by atoms with Gasteiger partial charge in [-0.25, -0.2) is 9.48 Å². The third-order valence-electron chi connectivity index (χ3n) is 3.86. The fraction of sp³-hybridized carbons (Fsp3) is 0.188. The largest absolute Gasteiger partial charge is 0.461 e. The third-order valence-corrected chi connectivity index (χ3v) is 3.86. The van der Waals surface area contributed by atoms with Crippen LogP contribution in [0.5, 0.6) is 0 Å². The lowest BCUT2D eigenvalue weighted by Crippen LogP contribution is -2.32. The number of rotatable bonds is 3. The van der Waals surface area contributed by atoms with Gasteiger partial charge in [0.25, 0.3) is 0 Å². The number of hydrogen-bond acceptors (Lipinski definition) is 5. The molecule has 2 N–H and O–H groups in total. The minimum absolute atomic E-state index is 0.326. The Labute approximate surface area is 131 Å². The van der Waals surface area contributed by atoms with E-state index >= 15 is 0 Å². The van der Waals surface area contributed by atoms with Gasteiger partial charge < -0.3 is 10.1 Å². The maximum Gasteiger partial charge on any atom is 0.355 e. The number of fused-ring (bicyclic) bond motifs is 2. The highest BCUT2D eigenvalue weighted by atomic mass is 16.5. The fourth-order valence-electron chi connectivity index (χ4n) is 2.88. The highest BCUT2D eigenvalue weighted by molar-refractivity contribution is 6.05. The van der Waals surface area contributed by atoms with E-state index < -0.39 is 0 Å². The molecule has 4 rings (SSSR count). The maximum atomic E-state index is 12.4. The highest BCUT2D eigenvalue weighted by Crippen LogP contribution is 2.33. The molecule has 116 valence electrons. The number of carbonyl (C=O) groups excluding carboxylic acids is 1.